The van der Waals surface area contributed by atoms with Crippen molar-refractivity contribution in [1.29, 1.82) is 0 Å². The third-order valence-corrected chi connectivity index (χ3v) is 3.04. The fourth-order valence-corrected chi connectivity index (χ4v) is 2.11. The third-order valence-electron chi connectivity index (χ3n) is 3.04. The first kappa shape index (κ1) is 12.0. The highest BCUT2D eigenvalue weighted by atomic mass is 16.3. The molecule has 0 fully saturated rings. The minimum Gasteiger partial charge on any atom is -0.380 e. The van der Waals surface area contributed by atoms with Crippen molar-refractivity contribution in [2.75, 3.05) is 0 Å². The molecular formula is C16H18O. The van der Waals surface area contributed by atoms with Gasteiger partial charge in [-0.3, -0.25) is 0 Å². The molecular weight excluding hydrogens is 208 g/mol. The second kappa shape index (κ2) is 6.27. The van der Waals surface area contributed by atoms with E-state index in [9.17, 15) is 5.11 Å². The second-order valence-electron chi connectivity index (χ2n) is 4.51. The molecule has 1 aromatic rings. The molecule has 1 heteroatoms. The van der Waals surface area contributed by atoms with Crippen LogP contribution in [0.3, 0.4) is 0 Å². The lowest BCUT2D eigenvalue weighted by Gasteiger charge is -2.16. The molecule has 0 bridgehead atoms. The zero-order valence-corrected chi connectivity index (χ0v) is 9.97. The van der Waals surface area contributed by atoms with Gasteiger partial charge in [0.1, 0.15) is 6.10 Å². The summed E-state index contributed by atoms with van der Waals surface area (Å²) >= 11 is 0. The minimum atomic E-state index is -0.511. The highest BCUT2D eigenvalue weighted by Crippen LogP contribution is 2.21. The number of benzene rings is 1. The Morgan fingerprint density at radius 1 is 1.29 bits per heavy atom. The quantitative estimate of drug-likeness (QED) is 0.606. The van der Waals surface area contributed by atoms with Crippen LogP contribution in [-0.2, 0) is 0 Å². The fraction of sp³-hybridized carbons (Fsp3) is 0.375. The van der Waals surface area contributed by atoms with Gasteiger partial charge < -0.3 is 5.11 Å². The minimum absolute atomic E-state index is 0.504. The summed E-state index contributed by atoms with van der Waals surface area (Å²) in [5.41, 5.74) is 0.964. The Labute approximate surface area is 103 Å². The van der Waals surface area contributed by atoms with Gasteiger partial charge in [0, 0.05) is 5.56 Å². The van der Waals surface area contributed by atoms with Crippen LogP contribution in [0.4, 0.5) is 0 Å². The zero-order valence-electron chi connectivity index (χ0n) is 9.97. The molecule has 1 aromatic carbocycles. The van der Waals surface area contributed by atoms with Crippen molar-refractivity contribution in [3.63, 3.8) is 0 Å². The van der Waals surface area contributed by atoms with Crippen molar-refractivity contribution in [1.82, 2.24) is 0 Å². The SMILES string of the molecule is OC(C#Cc1ccccc1)CC1C=CCCC1. The van der Waals surface area contributed by atoms with Gasteiger partial charge in [-0.2, -0.15) is 0 Å². The van der Waals surface area contributed by atoms with E-state index in [0.29, 0.717) is 5.92 Å². The Balaban J connectivity index is 1.89. The first-order valence-corrected chi connectivity index (χ1v) is 6.26. The first-order chi connectivity index (χ1) is 8.34. The molecule has 0 aliphatic heterocycles. The van der Waals surface area contributed by atoms with Crippen molar-refractivity contribution in [2.24, 2.45) is 5.92 Å². The summed E-state index contributed by atoms with van der Waals surface area (Å²) in [7, 11) is 0. The van der Waals surface area contributed by atoms with Gasteiger partial charge in [0.05, 0.1) is 0 Å². The molecule has 0 spiro atoms. The summed E-state index contributed by atoms with van der Waals surface area (Å²) in [6.45, 7) is 0. The van der Waals surface area contributed by atoms with Gasteiger partial charge in [0.2, 0.25) is 0 Å². The van der Waals surface area contributed by atoms with E-state index < -0.39 is 6.10 Å². The summed E-state index contributed by atoms with van der Waals surface area (Å²) in [5, 5.41) is 9.86. The molecule has 2 atom stereocenters. The molecule has 1 aliphatic carbocycles. The molecule has 0 heterocycles. The lowest BCUT2D eigenvalue weighted by Crippen LogP contribution is -2.11. The van der Waals surface area contributed by atoms with Gasteiger partial charge in [0.25, 0.3) is 0 Å². The third kappa shape index (κ3) is 4.09. The van der Waals surface area contributed by atoms with Crippen LogP contribution in [0.2, 0.25) is 0 Å². The van der Waals surface area contributed by atoms with E-state index in [1.54, 1.807) is 0 Å². The standard InChI is InChI=1S/C16H18O/c17-16(13-15-9-5-2-6-10-15)12-11-14-7-3-1-4-8-14/h1,3-5,7-9,15-17H,2,6,10,13H2. The normalized spacial score (nSPS) is 20.4. The lowest BCUT2D eigenvalue weighted by atomic mass is 9.91. The Kier molecular flexibility index (Phi) is 4.41. The van der Waals surface area contributed by atoms with E-state index >= 15 is 0 Å². The monoisotopic (exact) mass is 226 g/mol. The maximum atomic E-state index is 9.86. The van der Waals surface area contributed by atoms with Gasteiger partial charge in [-0.1, -0.05) is 42.2 Å². The van der Waals surface area contributed by atoms with Crippen LogP contribution in [0.1, 0.15) is 31.2 Å². The van der Waals surface area contributed by atoms with Gasteiger partial charge in [0.15, 0.2) is 0 Å². The molecule has 0 aromatic heterocycles. The maximum absolute atomic E-state index is 9.86. The molecule has 0 saturated carbocycles. The predicted molar refractivity (Wildman–Crippen MR) is 70.4 cm³/mol. The van der Waals surface area contributed by atoms with Crippen LogP contribution >= 0.6 is 0 Å². The molecule has 88 valence electrons. The van der Waals surface area contributed by atoms with E-state index in [1.807, 2.05) is 30.3 Å². The lowest BCUT2D eigenvalue weighted by molar-refractivity contribution is 0.201. The molecule has 1 N–H and O–H groups in total. The van der Waals surface area contributed by atoms with E-state index in [0.717, 1.165) is 12.0 Å². The Hall–Kier alpha value is -1.52. The zero-order chi connectivity index (χ0) is 11.9. The molecule has 1 nitrogen and oxygen atoms in total. The molecule has 0 saturated heterocycles. The Bertz CT molecular complexity index is 422. The van der Waals surface area contributed by atoms with Gasteiger partial charge in [-0.05, 0) is 43.7 Å². The van der Waals surface area contributed by atoms with Crippen LogP contribution in [0.25, 0.3) is 0 Å². The van der Waals surface area contributed by atoms with Crippen LogP contribution in [0.5, 0.6) is 0 Å². The summed E-state index contributed by atoms with van der Waals surface area (Å²) in [6.07, 6.45) is 8.28. The van der Waals surface area contributed by atoms with Crippen molar-refractivity contribution in [3.05, 3.63) is 48.0 Å². The topological polar surface area (TPSA) is 20.2 Å². The number of rotatable bonds is 2. The van der Waals surface area contributed by atoms with E-state index in [-0.39, 0.29) is 0 Å². The van der Waals surface area contributed by atoms with Gasteiger partial charge in [-0.25, -0.2) is 0 Å². The summed E-state index contributed by atoms with van der Waals surface area (Å²) < 4.78 is 0. The summed E-state index contributed by atoms with van der Waals surface area (Å²) in [6, 6.07) is 9.80. The molecule has 1 aliphatic rings. The number of allylic oxidation sites excluding steroid dienone is 2. The van der Waals surface area contributed by atoms with Crippen molar-refractivity contribution in [2.45, 2.75) is 31.8 Å². The Morgan fingerprint density at radius 3 is 2.82 bits per heavy atom. The van der Waals surface area contributed by atoms with Crippen molar-refractivity contribution >= 4 is 0 Å². The average Bonchev–Trinajstić information content (AvgIpc) is 2.39. The van der Waals surface area contributed by atoms with Crippen LogP contribution in [-0.4, -0.2) is 11.2 Å². The largest absolute Gasteiger partial charge is 0.380 e. The second-order valence-corrected chi connectivity index (χ2v) is 4.51. The predicted octanol–water partition coefficient (Wildman–Crippen LogP) is 3.15. The number of aliphatic hydroxyl groups excluding tert-OH is 1. The van der Waals surface area contributed by atoms with E-state index in [4.69, 9.17) is 0 Å². The highest BCUT2D eigenvalue weighted by molar-refractivity contribution is 5.34. The molecule has 2 unspecified atom stereocenters. The first-order valence-electron chi connectivity index (χ1n) is 6.26. The van der Waals surface area contributed by atoms with Gasteiger partial charge >= 0.3 is 0 Å². The number of hydrogen-bond donors (Lipinski definition) is 1. The van der Waals surface area contributed by atoms with Crippen molar-refractivity contribution < 1.29 is 5.11 Å². The summed E-state index contributed by atoms with van der Waals surface area (Å²) in [5.74, 6) is 6.43. The number of hydrogen-bond acceptors (Lipinski definition) is 1. The van der Waals surface area contributed by atoms with Crippen LogP contribution in [0, 0.1) is 17.8 Å². The molecule has 0 radical (unpaired) electrons. The fourth-order valence-electron chi connectivity index (χ4n) is 2.11. The molecule has 0 amide bonds. The molecule has 2 rings (SSSR count). The average molecular weight is 226 g/mol. The summed E-state index contributed by atoms with van der Waals surface area (Å²) in [4.78, 5) is 0. The van der Waals surface area contributed by atoms with Crippen LogP contribution < -0.4 is 0 Å². The molecule has 17 heavy (non-hydrogen) atoms. The van der Waals surface area contributed by atoms with Crippen LogP contribution in [0.15, 0.2) is 42.5 Å². The van der Waals surface area contributed by atoms with Gasteiger partial charge in [-0.15, -0.1) is 0 Å². The maximum Gasteiger partial charge on any atom is 0.115 e. The highest BCUT2D eigenvalue weighted by Gasteiger charge is 2.11. The van der Waals surface area contributed by atoms with Crippen molar-refractivity contribution in [3.8, 4) is 11.8 Å². The Morgan fingerprint density at radius 2 is 2.12 bits per heavy atom. The van der Waals surface area contributed by atoms with E-state index in [1.165, 1.54) is 19.3 Å². The number of aliphatic hydroxyl groups is 1. The van der Waals surface area contributed by atoms with E-state index in [2.05, 4.69) is 24.0 Å². The smallest absolute Gasteiger partial charge is 0.115 e.